The van der Waals surface area contributed by atoms with Crippen LogP contribution < -0.4 is 10.6 Å². The second-order valence-corrected chi connectivity index (χ2v) is 6.85. The van der Waals surface area contributed by atoms with E-state index in [1.807, 2.05) is 18.2 Å². The van der Waals surface area contributed by atoms with Gasteiger partial charge in [0.25, 0.3) is 0 Å². The van der Waals surface area contributed by atoms with Crippen molar-refractivity contribution in [2.45, 2.75) is 23.1 Å². The maximum atomic E-state index is 9.48. The van der Waals surface area contributed by atoms with E-state index in [1.54, 1.807) is 6.20 Å². The van der Waals surface area contributed by atoms with Crippen LogP contribution in [0.3, 0.4) is 0 Å². The molecule has 5 nitrogen and oxygen atoms in total. The molecule has 0 spiro atoms. The Morgan fingerprint density at radius 3 is 2.79 bits per heavy atom. The van der Waals surface area contributed by atoms with E-state index in [0.717, 1.165) is 53.0 Å². The molecule has 0 amide bonds. The van der Waals surface area contributed by atoms with Crippen LogP contribution in [0.5, 0.6) is 0 Å². The van der Waals surface area contributed by atoms with Crippen LogP contribution in [0.25, 0.3) is 0 Å². The first-order valence-electron chi connectivity index (χ1n) is 7.80. The number of aliphatic hydroxyl groups is 1. The number of nitrogens with zero attached hydrogens (tertiary/aromatic N) is 2. The van der Waals surface area contributed by atoms with Crippen molar-refractivity contribution in [3.63, 3.8) is 0 Å². The van der Waals surface area contributed by atoms with Crippen LogP contribution in [-0.2, 0) is 17.9 Å². The first-order valence-corrected chi connectivity index (χ1v) is 9.00. The minimum absolute atomic E-state index is 0.0579. The van der Waals surface area contributed by atoms with Crippen LogP contribution in [0.2, 0.25) is 5.02 Å². The molecule has 3 N–H and O–H groups in total. The van der Waals surface area contributed by atoms with Gasteiger partial charge >= 0.3 is 0 Å². The molecule has 0 radical (unpaired) electrons. The summed E-state index contributed by atoms with van der Waals surface area (Å²) in [6.45, 7) is 3.47. The number of ether oxygens (including phenoxy) is 1. The van der Waals surface area contributed by atoms with Gasteiger partial charge in [0, 0.05) is 42.0 Å². The fourth-order valence-electron chi connectivity index (χ4n) is 2.64. The molecule has 1 aromatic heterocycles. The highest BCUT2D eigenvalue weighted by molar-refractivity contribution is 7.99. The van der Waals surface area contributed by atoms with Gasteiger partial charge in [-0.25, -0.2) is 4.98 Å². The molecular weight excluding hydrogens is 346 g/mol. The van der Waals surface area contributed by atoms with E-state index in [1.165, 1.54) is 11.8 Å². The Labute approximate surface area is 150 Å². The van der Waals surface area contributed by atoms with Gasteiger partial charge in [-0.3, -0.25) is 0 Å². The van der Waals surface area contributed by atoms with E-state index >= 15 is 0 Å². The second kappa shape index (κ2) is 8.18. The Morgan fingerprint density at radius 1 is 1.29 bits per heavy atom. The normalized spacial score (nSPS) is 14.9. The van der Waals surface area contributed by atoms with Crippen molar-refractivity contribution in [2.24, 2.45) is 5.73 Å². The minimum Gasteiger partial charge on any atom is -0.392 e. The molecular formula is C17H20ClN3O2S. The van der Waals surface area contributed by atoms with E-state index in [4.69, 9.17) is 22.1 Å². The van der Waals surface area contributed by atoms with Crippen LogP contribution in [0.15, 0.2) is 40.4 Å². The van der Waals surface area contributed by atoms with Gasteiger partial charge in [-0.1, -0.05) is 29.4 Å². The third-order valence-electron chi connectivity index (χ3n) is 3.92. The highest BCUT2D eigenvalue weighted by atomic mass is 35.5. The lowest BCUT2D eigenvalue weighted by Crippen LogP contribution is -2.36. The smallest absolute Gasteiger partial charge is 0.106 e. The van der Waals surface area contributed by atoms with Gasteiger partial charge in [-0.05, 0) is 23.8 Å². The van der Waals surface area contributed by atoms with Gasteiger partial charge in [0.05, 0.1) is 24.8 Å². The van der Waals surface area contributed by atoms with Crippen molar-refractivity contribution >= 4 is 29.1 Å². The first kappa shape index (κ1) is 17.5. The number of benzene rings is 1. The largest absolute Gasteiger partial charge is 0.392 e. The zero-order valence-corrected chi connectivity index (χ0v) is 14.8. The average molecular weight is 366 g/mol. The lowest BCUT2D eigenvalue weighted by molar-refractivity contribution is 0.122. The molecule has 1 aliphatic heterocycles. The number of morpholine rings is 1. The summed E-state index contributed by atoms with van der Waals surface area (Å²) in [5.74, 6) is 0. The van der Waals surface area contributed by atoms with E-state index in [9.17, 15) is 5.11 Å². The van der Waals surface area contributed by atoms with Gasteiger partial charge in [0.2, 0.25) is 0 Å². The van der Waals surface area contributed by atoms with Crippen molar-refractivity contribution < 1.29 is 9.84 Å². The minimum atomic E-state index is -0.0579. The van der Waals surface area contributed by atoms with Crippen LogP contribution >= 0.6 is 23.4 Å². The van der Waals surface area contributed by atoms with E-state index < -0.39 is 0 Å². The van der Waals surface area contributed by atoms with Gasteiger partial charge in [-0.2, -0.15) is 0 Å². The molecule has 3 rings (SSSR count). The molecule has 1 aromatic carbocycles. The summed E-state index contributed by atoms with van der Waals surface area (Å²) in [7, 11) is 0. The van der Waals surface area contributed by atoms with Crippen LogP contribution in [-0.4, -0.2) is 36.4 Å². The van der Waals surface area contributed by atoms with Crippen molar-refractivity contribution in [2.75, 3.05) is 31.2 Å². The van der Waals surface area contributed by atoms with Gasteiger partial charge in [0.1, 0.15) is 5.03 Å². The molecule has 0 atom stereocenters. The summed E-state index contributed by atoms with van der Waals surface area (Å²) >= 11 is 8.00. The highest BCUT2D eigenvalue weighted by Crippen LogP contribution is 2.39. The third-order valence-corrected chi connectivity index (χ3v) is 5.58. The van der Waals surface area contributed by atoms with E-state index in [0.29, 0.717) is 11.6 Å². The summed E-state index contributed by atoms with van der Waals surface area (Å²) in [5, 5.41) is 10.9. The number of pyridine rings is 1. The standard InChI is InChI=1S/C17H20ClN3O2S/c18-15-9-14(21-4-6-23-7-5-21)8-13(10-19)16(15)24-17-12(11-22)2-1-3-20-17/h1-3,8-9,22H,4-7,10-11,19H2. The maximum absolute atomic E-state index is 9.48. The third kappa shape index (κ3) is 3.84. The molecule has 2 aromatic rings. The van der Waals surface area contributed by atoms with Crippen LogP contribution in [0, 0.1) is 0 Å². The van der Waals surface area contributed by atoms with Crippen LogP contribution in [0.1, 0.15) is 11.1 Å². The fourth-order valence-corrected chi connectivity index (χ4v) is 3.99. The number of aliphatic hydroxyl groups excluding tert-OH is 1. The molecule has 1 aliphatic rings. The van der Waals surface area contributed by atoms with E-state index in [-0.39, 0.29) is 6.61 Å². The SMILES string of the molecule is NCc1cc(N2CCOCC2)cc(Cl)c1Sc1ncccc1CO. The summed E-state index contributed by atoms with van der Waals surface area (Å²) in [6, 6.07) is 7.72. The average Bonchev–Trinajstić information content (AvgIpc) is 2.64. The van der Waals surface area contributed by atoms with Crippen molar-refractivity contribution in [3.05, 3.63) is 46.6 Å². The van der Waals surface area contributed by atoms with E-state index in [2.05, 4.69) is 16.0 Å². The molecule has 1 fully saturated rings. The molecule has 24 heavy (non-hydrogen) atoms. The summed E-state index contributed by atoms with van der Waals surface area (Å²) < 4.78 is 5.40. The molecule has 0 unspecified atom stereocenters. The lowest BCUT2D eigenvalue weighted by atomic mass is 10.1. The number of nitrogens with two attached hydrogens (primary N) is 1. The molecule has 2 heterocycles. The number of hydrogen-bond acceptors (Lipinski definition) is 6. The molecule has 0 saturated carbocycles. The predicted octanol–water partition coefficient (Wildman–Crippen LogP) is 2.67. The first-order chi connectivity index (χ1) is 11.7. The van der Waals surface area contributed by atoms with Crippen molar-refractivity contribution in [1.29, 1.82) is 0 Å². The quantitative estimate of drug-likeness (QED) is 0.848. The van der Waals surface area contributed by atoms with Crippen molar-refractivity contribution in [3.8, 4) is 0 Å². The zero-order valence-electron chi connectivity index (χ0n) is 13.2. The van der Waals surface area contributed by atoms with Gasteiger partial charge in [-0.15, -0.1) is 0 Å². The topological polar surface area (TPSA) is 71.6 Å². The van der Waals surface area contributed by atoms with Crippen LogP contribution in [0.4, 0.5) is 5.69 Å². The Bertz CT molecular complexity index is 708. The summed E-state index contributed by atoms with van der Waals surface area (Å²) in [6.07, 6.45) is 1.71. The van der Waals surface area contributed by atoms with Gasteiger partial charge < -0.3 is 20.5 Å². The summed E-state index contributed by atoms with van der Waals surface area (Å²) in [4.78, 5) is 7.50. The number of halogens is 1. The Balaban J connectivity index is 1.93. The van der Waals surface area contributed by atoms with Crippen molar-refractivity contribution in [1.82, 2.24) is 4.98 Å². The Hall–Kier alpha value is -1.31. The molecule has 0 aliphatic carbocycles. The van der Waals surface area contributed by atoms with Gasteiger partial charge in [0.15, 0.2) is 0 Å². The highest BCUT2D eigenvalue weighted by Gasteiger charge is 2.17. The Kier molecular flexibility index (Phi) is 5.97. The predicted molar refractivity (Wildman–Crippen MR) is 96.7 cm³/mol. The fraction of sp³-hybridized carbons (Fsp3) is 0.353. The molecule has 7 heteroatoms. The number of anilines is 1. The summed E-state index contributed by atoms with van der Waals surface area (Å²) in [5.41, 5.74) is 8.78. The lowest BCUT2D eigenvalue weighted by Gasteiger charge is -2.29. The Morgan fingerprint density at radius 2 is 2.08 bits per heavy atom. The molecule has 0 bridgehead atoms. The number of hydrogen-bond donors (Lipinski definition) is 2. The maximum Gasteiger partial charge on any atom is 0.106 e. The molecule has 128 valence electrons. The zero-order chi connectivity index (χ0) is 16.9. The number of aromatic nitrogens is 1. The second-order valence-electron chi connectivity index (χ2n) is 5.45. The monoisotopic (exact) mass is 365 g/mol. The molecule has 1 saturated heterocycles. The number of rotatable bonds is 5.